The number of rotatable bonds is 4. The van der Waals surface area contributed by atoms with Gasteiger partial charge in [-0.05, 0) is 43.4 Å². The Balaban J connectivity index is 1.77. The van der Waals surface area contributed by atoms with Crippen molar-refractivity contribution in [3.8, 4) is 5.75 Å². The first-order valence-corrected chi connectivity index (χ1v) is 8.83. The average Bonchev–Trinajstić information content (AvgIpc) is 3.01. The fraction of sp³-hybridized carbons (Fsp3) is 0.294. The number of nitrogens with one attached hydrogen (secondary N) is 1. The largest absolute Gasteiger partial charge is 0.490 e. The third-order valence-electron chi connectivity index (χ3n) is 4.39. The molecule has 0 fully saturated rings. The molecule has 7 nitrogen and oxygen atoms in total. The smallest absolute Gasteiger partial charge is 0.312 e. The van der Waals surface area contributed by atoms with Crippen molar-refractivity contribution in [1.29, 1.82) is 0 Å². The SMILES string of the molecule is COc1ccc(Nc2ncnc3sc4c(c23)CCCC4)cc1[N+](=O)[O-]. The fourth-order valence-electron chi connectivity index (χ4n) is 3.23. The number of aromatic nitrogens is 2. The van der Waals surface area contributed by atoms with Crippen molar-refractivity contribution in [3.05, 3.63) is 45.1 Å². The van der Waals surface area contributed by atoms with Crippen LogP contribution in [0.25, 0.3) is 10.2 Å². The van der Waals surface area contributed by atoms with E-state index < -0.39 is 4.92 Å². The van der Waals surface area contributed by atoms with Crippen molar-refractivity contribution < 1.29 is 9.66 Å². The minimum absolute atomic E-state index is 0.0786. The Kier molecular flexibility index (Phi) is 3.96. The fourth-order valence-corrected chi connectivity index (χ4v) is 4.46. The van der Waals surface area contributed by atoms with E-state index in [2.05, 4.69) is 15.3 Å². The average molecular weight is 356 g/mol. The van der Waals surface area contributed by atoms with Gasteiger partial charge in [-0.2, -0.15) is 0 Å². The van der Waals surface area contributed by atoms with Gasteiger partial charge in [-0.15, -0.1) is 11.3 Å². The van der Waals surface area contributed by atoms with Crippen LogP contribution in [0.1, 0.15) is 23.3 Å². The molecular weight excluding hydrogens is 340 g/mol. The van der Waals surface area contributed by atoms with Gasteiger partial charge in [0.25, 0.3) is 0 Å². The van der Waals surface area contributed by atoms with Crippen molar-refractivity contribution in [2.75, 3.05) is 12.4 Å². The van der Waals surface area contributed by atoms with E-state index in [1.165, 1.54) is 42.8 Å². The summed E-state index contributed by atoms with van der Waals surface area (Å²) < 4.78 is 5.05. The summed E-state index contributed by atoms with van der Waals surface area (Å²) in [6, 6.07) is 4.80. The van der Waals surface area contributed by atoms with E-state index in [-0.39, 0.29) is 11.4 Å². The Labute approximate surface area is 147 Å². The molecule has 2 aromatic heterocycles. The van der Waals surface area contributed by atoms with Crippen molar-refractivity contribution >= 4 is 38.7 Å². The Morgan fingerprint density at radius 1 is 1.28 bits per heavy atom. The van der Waals surface area contributed by atoms with Crippen LogP contribution in [0.2, 0.25) is 0 Å². The molecule has 0 saturated heterocycles. The lowest BCUT2D eigenvalue weighted by Gasteiger charge is -2.12. The van der Waals surface area contributed by atoms with Gasteiger partial charge < -0.3 is 10.1 Å². The second kappa shape index (κ2) is 6.29. The first-order valence-electron chi connectivity index (χ1n) is 8.02. The van der Waals surface area contributed by atoms with E-state index in [4.69, 9.17) is 4.74 Å². The first kappa shape index (κ1) is 15.8. The van der Waals surface area contributed by atoms with Crippen molar-refractivity contribution in [2.45, 2.75) is 25.7 Å². The molecule has 3 aromatic rings. The summed E-state index contributed by atoms with van der Waals surface area (Å²) in [5.41, 5.74) is 1.84. The number of fused-ring (bicyclic) bond motifs is 3. The summed E-state index contributed by atoms with van der Waals surface area (Å²) in [6.45, 7) is 0. The van der Waals surface area contributed by atoms with Crippen LogP contribution in [0.4, 0.5) is 17.2 Å². The summed E-state index contributed by atoms with van der Waals surface area (Å²) in [7, 11) is 1.42. The highest BCUT2D eigenvalue weighted by atomic mass is 32.1. The maximum Gasteiger partial charge on any atom is 0.312 e. The van der Waals surface area contributed by atoms with Crippen molar-refractivity contribution in [3.63, 3.8) is 0 Å². The van der Waals surface area contributed by atoms with Crippen LogP contribution >= 0.6 is 11.3 Å². The number of anilines is 2. The molecule has 128 valence electrons. The molecule has 0 atom stereocenters. The third kappa shape index (κ3) is 2.78. The minimum Gasteiger partial charge on any atom is -0.490 e. The molecule has 0 amide bonds. The molecule has 1 aromatic carbocycles. The lowest BCUT2D eigenvalue weighted by atomic mass is 9.97. The molecule has 0 spiro atoms. The van der Waals surface area contributed by atoms with Crippen molar-refractivity contribution in [1.82, 2.24) is 9.97 Å². The molecule has 0 saturated carbocycles. The van der Waals surface area contributed by atoms with Gasteiger partial charge in [0, 0.05) is 16.6 Å². The molecule has 0 radical (unpaired) electrons. The van der Waals surface area contributed by atoms with E-state index in [9.17, 15) is 10.1 Å². The van der Waals surface area contributed by atoms with E-state index in [0.717, 1.165) is 23.1 Å². The highest BCUT2D eigenvalue weighted by Crippen LogP contribution is 2.39. The summed E-state index contributed by atoms with van der Waals surface area (Å²) in [5, 5.41) is 15.5. The third-order valence-corrected chi connectivity index (χ3v) is 5.59. The van der Waals surface area contributed by atoms with Gasteiger partial charge in [-0.25, -0.2) is 9.97 Å². The van der Waals surface area contributed by atoms with Crippen LogP contribution < -0.4 is 10.1 Å². The zero-order chi connectivity index (χ0) is 17.4. The zero-order valence-corrected chi connectivity index (χ0v) is 14.4. The monoisotopic (exact) mass is 356 g/mol. The summed E-state index contributed by atoms with van der Waals surface area (Å²) >= 11 is 1.72. The van der Waals surface area contributed by atoms with Gasteiger partial charge in [0.2, 0.25) is 0 Å². The topological polar surface area (TPSA) is 90.2 Å². The lowest BCUT2D eigenvalue weighted by Crippen LogP contribution is -2.01. The van der Waals surface area contributed by atoms with Gasteiger partial charge >= 0.3 is 5.69 Å². The molecular formula is C17H16N4O3S. The lowest BCUT2D eigenvalue weighted by molar-refractivity contribution is -0.385. The summed E-state index contributed by atoms with van der Waals surface area (Å²) in [6.07, 6.45) is 6.02. The quantitative estimate of drug-likeness (QED) is 0.556. The number of aryl methyl sites for hydroxylation is 2. The summed E-state index contributed by atoms with van der Waals surface area (Å²) in [5.74, 6) is 0.931. The van der Waals surface area contributed by atoms with Gasteiger partial charge in [0.05, 0.1) is 17.4 Å². The number of thiophene rings is 1. The highest BCUT2D eigenvalue weighted by molar-refractivity contribution is 7.19. The Morgan fingerprint density at radius 2 is 2.12 bits per heavy atom. The van der Waals surface area contributed by atoms with E-state index >= 15 is 0 Å². The van der Waals surface area contributed by atoms with Crippen LogP contribution in [0, 0.1) is 10.1 Å². The molecule has 0 unspecified atom stereocenters. The van der Waals surface area contributed by atoms with E-state index in [1.807, 2.05) is 0 Å². The number of benzene rings is 1. The van der Waals surface area contributed by atoms with E-state index in [1.54, 1.807) is 23.5 Å². The predicted octanol–water partition coefficient (Wildman–Crippen LogP) is 4.23. The highest BCUT2D eigenvalue weighted by Gasteiger charge is 2.21. The Morgan fingerprint density at radius 3 is 2.92 bits per heavy atom. The summed E-state index contributed by atoms with van der Waals surface area (Å²) in [4.78, 5) is 21.9. The number of nitro groups is 1. The molecule has 0 bridgehead atoms. The molecule has 1 N–H and O–H groups in total. The van der Waals surface area contributed by atoms with Crippen LogP contribution in [0.5, 0.6) is 5.75 Å². The second-order valence-corrected chi connectivity index (χ2v) is 6.97. The number of hydrogen-bond donors (Lipinski definition) is 1. The standard InChI is InChI=1S/C17H16N4O3S/c1-24-13-7-6-10(8-12(13)21(22)23)20-16-15-11-4-2-3-5-14(11)25-17(15)19-9-18-16/h6-9H,2-5H2,1H3,(H,18,19,20). The maximum atomic E-state index is 11.2. The maximum absolute atomic E-state index is 11.2. The van der Waals surface area contributed by atoms with Crippen molar-refractivity contribution in [2.24, 2.45) is 0 Å². The van der Waals surface area contributed by atoms with Crippen LogP contribution in [-0.4, -0.2) is 22.0 Å². The van der Waals surface area contributed by atoms with Crippen LogP contribution in [0.3, 0.4) is 0 Å². The Bertz CT molecular complexity index is 970. The molecule has 8 heteroatoms. The molecule has 25 heavy (non-hydrogen) atoms. The zero-order valence-electron chi connectivity index (χ0n) is 13.6. The molecule has 0 aliphatic heterocycles. The van der Waals surface area contributed by atoms with Gasteiger partial charge in [-0.1, -0.05) is 0 Å². The molecule has 1 aliphatic rings. The number of ether oxygens (including phenoxy) is 1. The first-order chi connectivity index (χ1) is 12.2. The second-order valence-electron chi connectivity index (χ2n) is 5.88. The molecule has 4 rings (SSSR count). The minimum atomic E-state index is -0.452. The predicted molar refractivity (Wildman–Crippen MR) is 97.0 cm³/mol. The Hall–Kier alpha value is -2.74. The number of hydrogen-bond acceptors (Lipinski definition) is 7. The van der Waals surface area contributed by atoms with Gasteiger partial charge in [-0.3, -0.25) is 10.1 Å². The van der Waals surface area contributed by atoms with Crippen LogP contribution in [0.15, 0.2) is 24.5 Å². The number of methoxy groups -OCH3 is 1. The van der Waals surface area contributed by atoms with Crippen LogP contribution in [-0.2, 0) is 12.8 Å². The number of nitro benzene ring substituents is 1. The van der Waals surface area contributed by atoms with E-state index in [0.29, 0.717) is 11.5 Å². The normalized spacial score (nSPS) is 13.5. The van der Waals surface area contributed by atoms with Gasteiger partial charge in [0.1, 0.15) is 17.0 Å². The number of nitrogens with zero attached hydrogens (tertiary/aromatic N) is 3. The molecule has 1 aliphatic carbocycles. The van der Waals surface area contributed by atoms with Gasteiger partial charge in [0.15, 0.2) is 5.75 Å². The molecule has 2 heterocycles.